The molecular weight excluding hydrogens is 528 g/mol. The number of aliphatic carboxylic acids is 1. The maximum absolute atomic E-state index is 14.0. The predicted molar refractivity (Wildman–Crippen MR) is 150 cm³/mol. The van der Waals surface area contributed by atoms with E-state index in [1.165, 1.54) is 0 Å². The highest BCUT2D eigenvalue weighted by Gasteiger charge is 2.44. The molecule has 1 saturated carbocycles. The second-order valence-corrected chi connectivity index (χ2v) is 11.1. The molecule has 1 aliphatic rings. The number of benzene rings is 3. The minimum Gasteiger partial charge on any atom is -0.481 e. The van der Waals surface area contributed by atoms with E-state index in [2.05, 4.69) is 21.2 Å². The van der Waals surface area contributed by atoms with Crippen LogP contribution in [0.5, 0.6) is 0 Å². The van der Waals surface area contributed by atoms with Crippen molar-refractivity contribution in [3.8, 4) is 11.3 Å². The smallest absolute Gasteiger partial charge is 0.309 e. The van der Waals surface area contributed by atoms with E-state index in [1.54, 1.807) is 0 Å². The van der Waals surface area contributed by atoms with Gasteiger partial charge >= 0.3 is 5.97 Å². The van der Waals surface area contributed by atoms with Crippen LogP contribution in [-0.2, 0) is 4.79 Å². The number of carboxylic acid groups (broad SMARTS) is 1. The Kier molecular flexibility index (Phi) is 6.86. The molecule has 5 rings (SSSR count). The lowest BCUT2D eigenvalue weighted by Gasteiger charge is -2.41. The SMILES string of the molecule is Cc1c(-c2ccccc2)nc2ccc(Br)cc2c1C(=O)NC1CCC(C)(C(=O)O)CC1c1ccccc1. The molecule has 0 radical (unpaired) electrons. The first kappa shape index (κ1) is 25.2. The highest BCUT2D eigenvalue weighted by molar-refractivity contribution is 9.10. The van der Waals surface area contributed by atoms with E-state index < -0.39 is 11.4 Å². The number of aromatic nitrogens is 1. The minimum atomic E-state index is -0.827. The van der Waals surface area contributed by atoms with Crippen LogP contribution in [0, 0.1) is 12.3 Å². The Bertz CT molecular complexity index is 1470. The van der Waals surface area contributed by atoms with Gasteiger partial charge in [0.05, 0.1) is 22.2 Å². The number of amides is 1. The summed E-state index contributed by atoms with van der Waals surface area (Å²) in [5.74, 6) is -1.05. The van der Waals surface area contributed by atoms with Crippen LogP contribution in [0.15, 0.2) is 83.3 Å². The highest BCUT2D eigenvalue weighted by atomic mass is 79.9. The second kappa shape index (κ2) is 10.1. The van der Waals surface area contributed by atoms with Crippen molar-refractivity contribution < 1.29 is 14.7 Å². The minimum absolute atomic E-state index is 0.103. The topological polar surface area (TPSA) is 79.3 Å². The van der Waals surface area contributed by atoms with Crippen molar-refractivity contribution in [3.05, 3.63) is 100 Å². The number of pyridine rings is 1. The van der Waals surface area contributed by atoms with Gasteiger partial charge in [-0.1, -0.05) is 76.6 Å². The Morgan fingerprint density at radius 3 is 2.38 bits per heavy atom. The largest absolute Gasteiger partial charge is 0.481 e. The van der Waals surface area contributed by atoms with Gasteiger partial charge in [-0.15, -0.1) is 0 Å². The number of nitrogens with one attached hydrogen (secondary N) is 1. The quantitative estimate of drug-likeness (QED) is 0.274. The number of hydrogen-bond donors (Lipinski definition) is 2. The van der Waals surface area contributed by atoms with E-state index in [9.17, 15) is 14.7 Å². The molecule has 1 aromatic heterocycles. The van der Waals surface area contributed by atoms with Crippen LogP contribution in [0.2, 0.25) is 0 Å². The average Bonchev–Trinajstić information content (AvgIpc) is 2.90. The van der Waals surface area contributed by atoms with E-state index in [1.807, 2.05) is 92.7 Å². The highest BCUT2D eigenvalue weighted by Crippen LogP contribution is 2.44. The molecule has 1 heterocycles. The summed E-state index contributed by atoms with van der Waals surface area (Å²) >= 11 is 3.55. The number of halogens is 1. The normalized spacial score (nSPS) is 21.5. The first-order valence-electron chi connectivity index (χ1n) is 12.5. The molecule has 0 saturated heterocycles. The van der Waals surface area contributed by atoms with Crippen molar-refractivity contribution >= 4 is 38.7 Å². The third-order valence-electron chi connectivity index (χ3n) is 7.69. The summed E-state index contributed by atoms with van der Waals surface area (Å²) in [5.41, 5.74) is 4.12. The van der Waals surface area contributed by atoms with Crippen LogP contribution in [0.4, 0.5) is 0 Å². The zero-order chi connectivity index (χ0) is 26.2. The molecule has 5 nitrogen and oxygen atoms in total. The van der Waals surface area contributed by atoms with Gasteiger partial charge in [0.15, 0.2) is 0 Å². The van der Waals surface area contributed by atoms with Gasteiger partial charge in [-0.3, -0.25) is 9.59 Å². The molecule has 188 valence electrons. The standard InChI is InChI=1S/C31H29BrN2O3/c1-19-27(23-17-22(32)13-14-25(23)33-28(19)21-11-7-4-8-12-21)29(35)34-26-15-16-31(2,30(36)37)18-24(26)20-9-5-3-6-10-20/h3-14,17,24,26H,15-16,18H2,1-2H3,(H,34,35)(H,36,37). The van der Waals surface area contributed by atoms with Crippen LogP contribution < -0.4 is 5.32 Å². The molecule has 3 atom stereocenters. The van der Waals surface area contributed by atoms with E-state index in [4.69, 9.17) is 4.98 Å². The van der Waals surface area contributed by atoms with E-state index in [0.717, 1.165) is 37.8 Å². The molecule has 0 spiro atoms. The molecule has 3 unspecified atom stereocenters. The Morgan fingerprint density at radius 1 is 1.03 bits per heavy atom. The Morgan fingerprint density at radius 2 is 1.70 bits per heavy atom. The van der Waals surface area contributed by atoms with Crippen molar-refractivity contribution in [2.24, 2.45) is 5.41 Å². The number of fused-ring (bicyclic) bond motifs is 1. The number of nitrogens with zero attached hydrogens (tertiary/aromatic N) is 1. The second-order valence-electron chi connectivity index (χ2n) is 10.2. The van der Waals surface area contributed by atoms with E-state index in [-0.39, 0.29) is 17.9 Å². The maximum atomic E-state index is 14.0. The monoisotopic (exact) mass is 556 g/mol. The van der Waals surface area contributed by atoms with Crippen molar-refractivity contribution in [2.45, 2.75) is 45.1 Å². The lowest BCUT2D eigenvalue weighted by Crippen LogP contribution is -2.47. The first-order chi connectivity index (χ1) is 17.8. The van der Waals surface area contributed by atoms with E-state index in [0.29, 0.717) is 24.8 Å². The summed E-state index contributed by atoms with van der Waals surface area (Å²) in [4.78, 5) is 31.1. The fourth-order valence-corrected chi connectivity index (χ4v) is 5.92. The van der Waals surface area contributed by atoms with Crippen molar-refractivity contribution in [3.63, 3.8) is 0 Å². The van der Waals surface area contributed by atoms with Gasteiger partial charge in [-0.05, 0) is 62.4 Å². The van der Waals surface area contributed by atoms with Gasteiger partial charge < -0.3 is 10.4 Å². The maximum Gasteiger partial charge on any atom is 0.309 e. The van der Waals surface area contributed by atoms with Crippen LogP contribution in [0.1, 0.15) is 53.6 Å². The molecular formula is C31H29BrN2O3. The summed E-state index contributed by atoms with van der Waals surface area (Å²) in [7, 11) is 0. The summed E-state index contributed by atoms with van der Waals surface area (Å²) in [6, 6.07) is 25.4. The van der Waals surface area contributed by atoms with Crippen LogP contribution >= 0.6 is 15.9 Å². The van der Waals surface area contributed by atoms with Crippen LogP contribution in [-0.4, -0.2) is 28.0 Å². The van der Waals surface area contributed by atoms with Crippen molar-refractivity contribution in [1.82, 2.24) is 10.3 Å². The number of carbonyl (C=O) groups excluding carboxylic acids is 1. The molecule has 1 aliphatic carbocycles. The zero-order valence-corrected chi connectivity index (χ0v) is 22.5. The first-order valence-corrected chi connectivity index (χ1v) is 13.3. The van der Waals surface area contributed by atoms with Gasteiger partial charge in [0, 0.05) is 27.4 Å². The number of rotatable bonds is 5. The number of carbonyl (C=O) groups is 2. The van der Waals surface area contributed by atoms with Gasteiger partial charge in [-0.2, -0.15) is 0 Å². The molecule has 3 aromatic carbocycles. The Balaban J connectivity index is 1.57. The molecule has 1 amide bonds. The molecule has 2 N–H and O–H groups in total. The number of hydrogen-bond acceptors (Lipinski definition) is 3. The number of carboxylic acids is 1. The van der Waals surface area contributed by atoms with Crippen molar-refractivity contribution in [2.75, 3.05) is 0 Å². The van der Waals surface area contributed by atoms with Gasteiger partial charge in [0.2, 0.25) is 0 Å². The zero-order valence-electron chi connectivity index (χ0n) is 20.9. The van der Waals surface area contributed by atoms with Gasteiger partial charge in [0.1, 0.15) is 0 Å². The summed E-state index contributed by atoms with van der Waals surface area (Å²) in [5, 5.41) is 14.0. The fraction of sp³-hybridized carbons (Fsp3) is 0.258. The third-order valence-corrected chi connectivity index (χ3v) is 8.18. The summed E-state index contributed by atoms with van der Waals surface area (Å²) in [6.45, 7) is 3.76. The van der Waals surface area contributed by atoms with Crippen LogP contribution in [0.3, 0.4) is 0 Å². The van der Waals surface area contributed by atoms with Crippen LogP contribution in [0.25, 0.3) is 22.2 Å². The molecule has 0 aliphatic heterocycles. The fourth-order valence-electron chi connectivity index (χ4n) is 5.56. The molecule has 4 aromatic rings. The predicted octanol–water partition coefficient (Wildman–Crippen LogP) is 7.13. The third kappa shape index (κ3) is 4.90. The lowest BCUT2D eigenvalue weighted by atomic mass is 9.66. The Hall–Kier alpha value is -3.51. The Labute approximate surface area is 225 Å². The van der Waals surface area contributed by atoms with Crippen molar-refractivity contribution in [1.29, 1.82) is 0 Å². The average molecular weight is 557 g/mol. The van der Waals surface area contributed by atoms with Gasteiger partial charge in [0.25, 0.3) is 5.91 Å². The van der Waals surface area contributed by atoms with Gasteiger partial charge in [-0.25, -0.2) is 4.98 Å². The summed E-state index contributed by atoms with van der Waals surface area (Å²) < 4.78 is 0.875. The van der Waals surface area contributed by atoms with E-state index >= 15 is 0 Å². The molecule has 1 fully saturated rings. The lowest BCUT2D eigenvalue weighted by molar-refractivity contribution is -0.150. The summed E-state index contributed by atoms with van der Waals surface area (Å²) in [6.07, 6.45) is 1.56. The molecule has 37 heavy (non-hydrogen) atoms. The molecule has 0 bridgehead atoms. The molecule has 6 heteroatoms.